The lowest BCUT2D eigenvalue weighted by Gasteiger charge is -2.10. The fourth-order valence-corrected chi connectivity index (χ4v) is 1.51. The monoisotopic (exact) mass is 247 g/mol. The Morgan fingerprint density at radius 3 is 2.50 bits per heavy atom. The average molecular weight is 247 g/mol. The molecule has 0 heterocycles. The van der Waals surface area contributed by atoms with Gasteiger partial charge in [-0.2, -0.15) is 0 Å². The fraction of sp³-hybridized carbons (Fsp3) is 0.143. The van der Waals surface area contributed by atoms with Gasteiger partial charge in [-0.15, -0.1) is 0 Å². The SMILES string of the molecule is COc1ccc(N)c(OCc2ccc(F)cc2)c1. The Morgan fingerprint density at radius 1 is 1.11 bits per heavy atom. The number of benzene rings is 2. The van der Waals surface area contributed by atoms with Crippen molar-refractivity contribution >= 4 is 5.69 Å². The smallest absolute Gasteiger partial charge is 0.146 e. The molecule has 0 fully saturated rings. The lowest BCUT2D eigenvalue weighted by molar-refractivity contribution is 0.305. The van der Waals surface area contributed by atoms with Crippen molar-refractivity contribution in [2.24, 2.45) is 0 Å². The lowest BCUT2D eigenvalue weighted by Crippen LogP contribution is -1.99. The van der Waals surface area contributed by atoms with Crippen LogP contribution < -0.4 is 15.2 Å². The number of halogens is 1. The molecule has 2 aromatic carbocycles. The van der Waals surface area contributed by atoms with E-state index in [4.69, 9.17) is 15.2 Å². The van der Waals surface area contributed by atoms with Gasteiger partial charge in [0.05, 0.1) is 12.8 Å². The molecule has 0 atom stereocenters. The van der Waals surface area contributed by atoms with E-state index in [0.29, 0.717) is 23.8 Å². The van der Waals surface area contributed by atoms with Crippen molar-refractivity contribution in [3.63, 3.8) is 0 Å². The third-order valence-electron chi connectivity index (χ3n) is 2.53. The van der Waals surface area contributed by atoms with Gasteiger partial charge in [0.25, 0.3) is 0 Å². The molecule has 0 spiro atoms. The number of nitrogen functional groups attached to an aromatic ring is 1. The van der Waals surface area contributed by atoms with Gasteiger partial charge >= 0.3 is 0 Å². The average Bonchev–Trinajstić information content (AvgIpc) is 2.40. The summed E-state index contributed by atoms with van der Waals surface area (Å²) in [7, 11) is 1.58. The third kappa shape index (κ3) is 2.91. The molecule has 0 unspecified atom stereocenters. The number of hydrogen-bond donors (Lipinski definition) is 1. The third-order valence-corrected chi connectivity index (χ3v) is 2.53. The Hall–Kier alpha value is -2.23. The first-order valence-electron chi connectivity index (χ1n) is 5.50. The number of rotatable bonds is 4. The first-order valence-corrected chi connectivity index (χ1v) is 5.50. The van der Waals surface area contributed by atoms with Gasteiger partial charge < -0.3 is 15.2 Å². The summed E-state index contributed by atoms with van der Waals surface area (Å²) in [6.07, 6.45) is 0. The van der Waals surface area contributed by atoms with E-state index in [9.17, 15) is 4.39 Å². The van der Waals surface area contributed by atoms with Crippen LogP contribution in [0.1, 0.15) is 5.56 Å². The summed E-state index contributed by atoms with van der Waals surface area (Å²) in [5.74, 6) is 0.969. The van der Waals surface area contributed by atoms with Gasteiger partial charge in [0, 0.05) is 6.07 Å². The Balaban J connectivity index is 2.07. The molecule has 0 aliphatic rings. The molecular weight excluding hydrogens is 233 g/mol. The minimum absolute atomic E-state index is 0.264. The van der Waals surface area contributed by atoms with Crippen molar-refractivity contribution in [2.45, 2.75) is 6.61 Å². The number of anilines is 1. The molecule has 3 nitrogen and oxygen atoms in total. The van der Waals surface area contributed by atoms with E-state index in [-0.39, 0.29) is 5.82 Å². The molecular formula is C14H14FNO2. The second-order valence-electron chi connectivity index (χ2n) is 3.82. The normalized spacial score (nSPS) is 10.1. The summed E-state index contributed by atoms with van der Waals surface area (Å²) in [5, 5.41) is 0. The Kier molecular flexibility index (Phi) is 3.67. The minimum atomic E-state index is -0.264. The van der Waals surface area contributed by atoms with Crippen LogP contribution in [0.5, 0.6) is 11.5 Å². The van der Waals surface area contributed by atoms with E-state index < -0.39 is 0 Å². The van der Waals surface area contributed by atoms with Gasteiger partial charge in [-0.1, -0.05) is 12.1 Å². The molecule has 0 amide bonds. The predicted octanol–water partition coefficient (Wildman–Crippen LogP) is 3.00. The summed E-state index contributed by atoms with van der Waals surface area (Å²) in [6.45, 7) is 0.331. The first kappa shape index (κ1) is 12.2. The molecule has 94 valence electrons. The van der Waals surface area contributed by atoms with Crippen LogP contribution in [0.3, 0.4) is 0 Å². The highest BCUT2D eigenvalue weighted by Gasteiger charge is 2.03. The van der Waals surface area contributed by atoms with Gasteiger partial charge in [-0.25, -0.2) is 4.39 Å². The molecule has 4 heteroatoms. The largest absolute Gasteiger partial charge is 0.497 e. The van der Waals surface area contributed by atoms with Gasteiger partial charge in [0.1, 0.15) is 23.9 Å². The zero-order valence-electron chi connectivity index (χ0n) is 10.0. The highest BCUT2D eigenvalue weighted by molar-refractivity contribution is 5.55. The van der Waals surface area contributed by atoms with Gasteiger partial charge in [-0.3, -0.25) is 0 Å². The topological polar surface area (TPSA) is 44.5 Å². The maximum absolute atomic E-state index is 12.7. The molecule has 0 saturated heterocycles. The van der Waals surface area contributed by atoms with Crippen LogP contribution in [0.15, 0.2) is 42.5 Å². The Morgan fingerprint density at radius 2 is 1.83 bits per heavy atom. The summed E-state index contributed by atoms with van der Waals surface area (Å²) in [6, 6.07) is 11.3. The van der Waals surface area contributed by atoms with E-state index in [2.05, 4.69) is 0 Å². The van der Waals surface area contributed by atoms with E-state index in [1.54, 1.807) is 37.4 Å². The number of hydrogen-bond acceptors (Lipinski definition) is 3. The standard InChI is InChI=1S/C14H14FNO2/c1-17-12-6-7-13(16)14(8-12)18-9-10-2-4-11(15)5-3-10/h2-8H,9,16H2,1H3. The Bertz CT molecular complexity index is 526. The van der Waals surface area contributed by atoms with E-state index in [0.717, 1.165) is 5.56 Å². The summed E-state index contributed by atoms with van der Waals surface area (Å²) in [4.78, 5) is 0. The number of nitrogens with two attached hydrogens (primary N) is 1. The highest BCUT2D eigenvalue weighted by Crippen LogP contribution is 2.27. The van der Waals surface area contributed by atoms with Crippen LogP contribution in [-0.4, -0.2) is 7.11 Å². The summed E-state index contributed by atoms with van der Waals surface area (Å²) >= 11 is 0. The molecule has 0 saturated carbocycles. The van der Waals surface area contributed by atoms with Crippen molar-refractivity contribution < 1.29 is 13.9 Å². The van der Waals surface area contributed by atoms with Crippen molar-refractivity contribution in [1.82, 2.24) is 0 Å². The maximum Gasteiger partial charge on any atom is 0.146 e. The quantitative estimate of drug-likeness (QED) is 0.845. The number of ether oxygens (including phenoxy) is 2. The fourth-order valence-electron chi connectivity index (χ4n) is 1.51. The van der Waals surface area contributed by atoms with Crippen LogP contribution >= 0.6 is 0 Å². The predicted molar refractivity (Wildman–Crippen MR) is 68.1 cm³/mol. The molecule has 0 aliphatic carbocycles. The second-order valence-corrected chi connectivity index (χ2v) is 3.82. The molecule has 2 N–H and O–H groups in total. The zero-order valence-corrected chi connectivity index (χ0v) is 10.0. The van der Waals surface area contributed by atoms with Crippen molar-refractivity contribution in [2.75, 3.05) is 12.8 Å². The zero-order chi connectivity index (χ0) is 13.0. The van der Waals surface area contributed by atoms with Gasteiger partial charge in [0.2, 0.25) is 0 Å². The van der Waals surface area contributed by atoms with Crippen LogP contribution in [0.4, 0.5) is 10.1 Å². The molecule has 0 bridgehead atoms. The van der Waals surface area contributed by atoms with Crippen molar-refractivity contribution in [3.8, 4) is 11.5 Å². The molecule has 2 rings (SSSR count). The molecule has 0 aromatic heterocycles. The van der Waals surface area contributed by atoms with E-state index in [1.807, 2.05) is 0 Å². The summed E-state index contributed by atoms with van der Waals surface area (Å²) < 4.78 is 23.4. The Labute approximate surface area is 105 Å². The minimum Gasteiger partial charge on any atom is -0.497 e. The van der Waals surface area contributed by atoms with Gasteiger partial charge in [0.15, 0.2) is 0 Å². The van der Waals surface area contributed by atoms with Crippen molar-refractivity contribution in [3.05, 3.63) is 53.8 Å². The van der Waals surface area contributed by atoms with Crippen molar-refractivity contribution in [1.29, 1.82) is 0 Å². The molecule has 0 aliphatic heterocycles. The molecule has 2 aromatic rings. The maximum atomic E-state index is 12.7. The highest BCUT2D eigenvalue weighted by atomic mass is 19.1. The summed E-state index contributed by atoms with van der Waals surface area (Å²) in [5.41, 5.74) is 7.21. The van der Waals surface area contributed by atoms with Crippen LogP contribution in [-0.2, 0) is 6.61 Å². The van der Waals surface area contributed by atoms with E-state index >= 15 is 0 Å². The van der Waals surface area contributed by atoms with Crippen LogP contribution in [0.25, 0.3) is 0 Å². The molecule has 18 heavy (non-hydrogen) atoms. The van der Waals surface area contributed by atoms with Crippen LogP contribution in [0.2, 0.25) is 0 Å². The van der Waals surface area contributed by atoms with E-state index in [1.165, 1.54) is 12.1 Å². The first-order chi connectivity index (χ1) is 8.69. The molecule has 0 radical (unpaired) electrons. The second kappa shape index (κ2) is 5.40. The lowest BCUT2D eigenvalue weighted by atomic mass is 10.2. The van der Waals surface area contributed by atoms with Crippen LogP contribution in [0, 0.1) is 5.82 Å². The van der Waals surface area contributed by atoms with Gasteiger partial charge in [-0.05, 0) is 29.8 Å². The number of methoxy groups -OCH3 is 1.